The van der Waals surface area contributed by atoms with Crippen molar-refractivity contribution in [2.24, 2.45) is 7.05 Å². The first-order chi connectivity index (χ1) is 24.2. The molecular formula is C47H30N2. The minimum absolute atomic E-state index is 0.376. The van der Waals surface area contributed by atoms with Crippen LogP contribution >= 0.6 is 0 Å². The largest absolute Gasteiger partial charge is 0.327 e. The van der Waals surface area contributed by atoms with E-state index in [0.29, 0.717) is 0 Å². The van der Waals surface area contributed by atoms with Crippen LogP contribution in [-0.2, 0) is 12.5 Å². The second-order valence-corrected chi connectivity index (χ2v) is 13.6. The fraction of sp³-hybridized carbons (Fsp3) is 0.0426. The first-order valence-electron chi connectivity index (χ1n) is 17.0. The van der Waals surface area contributed by atoms with Crippen LogP contribution in [0.4, 0.5) is 0 Å². The molecule has 2 nitrogen and oxygen atoms in total. The first-order valence-corrected chi connectivity index (χ1v) is 17.0. The molecule has 0 bridgehead atoms. The lowest BCUT2D eigenvalue weighted by Gasteiger charge is -2.30. The quantitative estimate of drug-likeness (QED) is 0.188. The number of nitrogens with zero attached hydrogens (tertiary/aromatic N) is 2. The van der Waals surface area contributed by atoms with Crippen molar-refractivity contribution in [2.45, 2.75) is 5.41 Å². The minimum atomic E-state index is -0.376. The summed E-state index contributed by atoms with van der Waals surface area (Å²) < 4.78 is 2.18. The summed E-state index contributed by atoms with van der Waals surface area (Å²) in [5.41, 5.74) is 16.2. The van der Waals surface area contributed by atoms with Crippen LogP contribution in [0.3, 0.4) is 0 Å². The molecular weight excluding hydrogens is 593 g/mol. The van der Waals surface area contributed by atoms with Crippen LogP contribution in [0.15, 0.2) is 164 Å². The van der Waals surface area contributed by atoms with Gasteiger partial charge in [-0.3, -0.25) is 0 Å². The molecule has 0 unspecified atom stereocenters. The average molecular weight is 623 g/mol. The van der Waals surface area contributed by atoms with Gasteiger partial charge in [-0.2, -0.15) is 0 Å². The monoisotopic (exact) mass is 622 g/mol. The molecule has 0 saturated carbocycles. The second-order valence-electron chi connectivity index (χ2n) is 13.6. The average Bonchev–Trinajstić information content (AvgIpc) is 3.77. The van der Waals surface area contributed by atoms with Crippen LogP contribution in [0, 0.1) is 0 Å². The normalized spacial score (nSPS) is 13.6. The lowest BCUT2D eigenvalue weighted by Crippen LogP contribution is -2.25. The van der Waals surface area contributed by atoms with Gasteiger partial charge >= 0.3 is 0 Å². The highest BCUT2D eigenvalue weighted by molar-refractivity contribution is 6.08. The van der Waals surface area contributed by atoms with Gasteiger partial charge in [-0.25, -0.2) is 4.98 Å². The van der Waals surface area contributed by atoms with Crippen molar-refractivity contribution in [2.75, 3.05) is 0 Å². The van der Waals surface area contributed by atoms with Crippen LogP contribution in [0.25, 0.3) is 77.3 Å². The summed E-state index contributed by atoms with van der Waals surface area (Å²) in [4.78, 5) is 4.92. The van der Waals surface area contributed by atoms with E-state index in [4.69, 9.17) is 4.98 Å². The molecule has 1 heterocycles. The molecule has 0 N–H and O–H groups in total. The van der Waals surface area contributed by atoms with E-state index in [2.05, 4.69) is 169 Å². The number of hydrogen-bond acceptors (Lipinski definition) is 1. The van der Waals surface area contributed by atoms with Crippen LogP contribution < -0.4 is 0 Å². The van der Waals surface area contributed by atoms with Crippen molar-refractivity contribution >= 4 is 32.6 Å². The maximum absolute atomic E-state index is 4.92. The third-order valence-corrected chi connectivity index (χ3v) is 11.2. The first kappa shape index (κ1) is 26.8. The Kier molecular flexibility index (Phi) is 5.28. The predicted octanol–water partition coefficient (Wildman–Crippen LogP) is 11.6. The Morgan fingerprint density at radius 2 is 1.10 bits per heavy atom. The summed E-state index contributed by atoms with van der Waals surface area (Å²) in [6.45, 7) is 0. The van der Waals surface area contributed by atoms with Gasteiger partial charge in [0.25, 0.3) is 0 Å². The number of imidazole rings is 1. The Morgan fingerprint density at radius 3 is 1.90 bits per heavy atom. The number of benzene rings is 8. The molecule has 0 atom stereocenters. The van der Waals surface area contributed by atoms with E-state index in [9.17, 15) is 0 Å². The number of fused-ring (bicyclic) bond motifs is 14. The zero-order valence-corrected chi connectivity index (χ0v) is 27.0. The number of hydrogen-bond donors (Lipinski definition) is 0. The summed E-state index contributed by atoms with van der Waals surface area (Å²) in [7, 11) is 2.09. The molecule has 9 aromatic rings. The van der Waals surface area contributed by atoms with Gasteiger partial charge in [-0.1, -0.05) is 133 Å². The Bertz CT molecular complexity index is 2790. The Balaban J connectivity index is 1.12. The van der Waals surface area contributed by atoms with Crippen molar-refractivity contribution in [3.8, 4) is 44.8 Å². The lowest BCUT2D eigenvalue weighted by molar-refractivity contribution is 0.795. The summed E-state index contributed by atoms with van der Waals surface area (Å²) in [6, 6.07) is 60.8. The van der Waals surface area contributed by atoms with Gasteiger partial charge in [0, 0.05) is 12.6 Å². The predicted molar refractivity (Wildman–Crippen MR) is 203 cm³/mol. The van der Waals surface area contributed by atoms with Crippen molar-refractivity contribution in [3.63, 3.8) is 0 Å². The summed E-state index contributed by atoms with van der Waals surface area (Å²) >= 11 is 0. The highest BCUT2D eigenvalue weighted by Crippen LogP contribution is 2.64. The molecule has 0 aliphatic heterocycles. The van der Waals surface area contributed by atoms with Gasteiger partial charge in [0.15, 0.2) is 0 Å². The van der Waals surface area contributed by atoms with Crippen molar-refractivity contribution in [3.05, 3.63) is 186 Å². The Labute approximate surface area is 284 Å². The standard InChI is InChI=1S/C47H30N2/c1-49-44-17-9-8-16-43(44)48-46(49)31-20-18-29(19-21-31)32-22-23-33-27-38-42(28-34(33)26-32)47(41-25-24-30-10-2-3-11-35(30)45(38)41)39-14-6-4-12-36(39)37-13-5-7-15-40(37)47/h2-28H,1H3. The van der Waals surface area contributed by atoms with Crippen LogP contribution in [0.2, 0.25) is 0 Å². The van der Waals surface area contributed by atoms with Gasteiger partial charge in [-0.05, 0) is 108 Å². The van der Waals surface area contributed by atoms with Crippen LogP contribution in [0.5, 0.6) is 0 Å². The van der Waals surface area contributed by atoms with Crippen LogP contribution in [0.1, 0.15) is 22.3 Å². The van der Waals surface area contributed by atoms with E-state index in [1.54, 1.807) is 0 Å². The topological polar surface area (TPSA) is 17.8 Å². The van der Waals surface area contributed by atoms with E-state index in [1.807, 2.05) is 6.07 Å². The van der Waals surface area contributed by atoms with Crippen molar-refractivity contribution in [1.29, 1.82) is 0 Å². The van der Waals surface area contributed by atoms with E-state index >= 15 is 0 Å². The smallest absolute Gasteiger partial charge is 0.140 e. The third kappa shape index (κ3) is 3.48. The molecule has 0 radical (unpaired) electrons. The molecule has 0 saturated heterocycles. The highest BCUT2D eigenvalue weighted by atomic mass is 15.1. The summed E-state index contributed by atoms with van der Waals surface area (Å²) in [5.74, 6) is 0.983. The second kappa shape index (κ2) is 9.65. The summed E-state index contributed by atoms with van der Waals surface area (Å²) in [5, 5.41) is 5.11. The molecule has 228 valence electrons. The molecule has 1 aromatic heterocycles. The van der Waals surface area contributed by atoms with E-state index in [1.165, 1.54) is 77.2 Å². The molecule has 2 aliphatic rings. The molecule has 2 heteroatoms. The molecule has 0 fully saturated rings. The van der Waals surface area contributed by atoms with Gasteiger partial charge in [0.05, 0.1) is 16.4 Å². The minimum Gasteiger partial charge on any atom is -0.327 e. The highest BCUT2D eigenvalue weighted by Gasteiger charge is 2.52. The maximum atomic E-state index is 4.92. The van der Waals surface area contributed by atoms with E-state index in [-0.39, 0.29) is 5.41 Å². The van der Waals surface area contributed by atoms with Gasteiger partial charge in [0.1, 0.15) is 5.82 Å². The molecule has 8 aromatic carbocycles. The molecule has 1 spiro atoms. The molecule has 2 aliphatic carbocycles. The van der Waals surface area contributed by atoms with Crippen LogP contribution in [-0.4, -0.2) is 9.55 Å². The number of para-hydroxylation sites is 2. The summed E-state index contributed by atoms with van der Waals surface area (Å²) in [6.07, 6.45) is 0. The number of aromatic nitrogens is 2. The fourth-order valence-corrected chi connectivity index (χ4v) is 9.04. The Morgan fingerprint density at radius 1 is 0.449 bits per heavy atom. The van der Waals surface area contributed by atoms with Gasteiger partial charge in [-0.15, -0.1) is 0 Å². The third-order valence-electron chi connectivity index (χ3n) is 11.2. The zero-order valence-electron chi connectivity index (χ0n) is 27.0. The van der Waals surface area contributed by atoms with Crippen molar-refractivity contribution < 1.29 is 0 Å². The van der Waals surface area contributed by atoms with Crippen molar-refractivity contribution in [1.82, 2.24) is 9.55 Å². The maximum Gasteiger partial charge on any atom is 0.140 e. The lowest BCUT2D eigenvalue weighted by atomic mass is 9.70. The Hall–Kier alpha value is -6.25. The van der Waals surface area contributed by atoms with E-state index < -0.39 is 0 Å². The number of aryl methyl sites for hydroxylation is 1. The molecule has 0 amide bonds. The molecule has 11 rings (SSSR count). The SMILES string of the molecule is Cn1c(-c2ccc(-c3ccc4cc5c(cc4c3)C3(c4ccccc4-c4ccccc43)c3ccc4ccccc4c3-5)cc2)nc2ccccc21. The fourth-order valence-electron chi connectivity index (χ4n) is 9.04. The van der Waals surface area contributed by atoms with Gasteiger partial charge < -0.3 is 4.57 Å². The number of rotatable bonds is 2. The zero-order chi connectivity index (χ0) is 32.3. The van der Waals surface area contributed by atoms with E-state index in [0.717, 1.165) is 22.4 Å². The van der Waals surface area contributed by atoms with Gasteiger partial charge in [0.2, 0.25) is 0 Å². The molecule has 49 heavy (non-hydrogen) atoms.